The molecule has 2 unspecified atom stereocenters. The summed E-state index contributed by atoms with van der Waals surface area (Å²) in [6.07, 6.45) is 6.40. The second-order valence-corrected chi connectivity index (χ2v) is 7.82. The van der Waals surface area contributed by atoms with Crippen molar-refractivity contribution in [2.75, 3.05) is 0 Å². The van der Waals surface area contributed by atoms with Gasteiger partial charge in [0.15, 0.2) is 0 Å². The number of rotatable bonds is 8. The van der Waals surface area contributed by atoms with Crippen LogP contribution in [0.25, 0.3) is 0 Å². The van der Waals surface area contributed by atoms with Crippen LogP contribution >= 0.6 is 0 Å². The highest BCUT2D eigenvalue weighted by Gasteiger charge is 2.25. The van der Waals surface area contributed by atoms with Crippen molar-refractivity contribution >= 4 is 0 Å². The molecule has 0 heterocycles. The van der Waals surface area contributed by atoms with Gasteiger partial charge in [0, 0.05) is 36.3 Å². The predicted molar refractivity (Wildman–Crippen MR) is 115 cm³/mol. The number of phenols is 2. The molecule has 0 bridgehead atoms. The Bertz CT molecular complexity index is 710. The highest BCUT2D eigenvalue weighted by atomic mass is 16.3. The van der Waals surface area contributed by atoms with Gasteiger partial charge in [0.1, 0.15) is 11.5 Å². The lowest BCUT2D eigenvalue weighted by Gasteiger charge is -2.33. The van der Waals surface area contributed by atoms with Crippen molar-refractivity contribution in [2.24, 2.45) is 0 Å². The largest absolute Gasteiger partial charge is 0.507 e. The average molecular weight is 383 g/mol. The summed E-state index contributed by atoms with van der Waals surface area (Å²) in [6.45, 7) is 5.49. The van der Waals surface area contributed by atoms with Gasteiger partial charge in [-0.3, -0.25) is 0 Å². The van der Waals surface area contributed by atoms with Crippen LogP contribution in [-0.4, -0.2) is 22.3 Å². The molecular weight excluding hydrogens is 348 g/mol. The number of benzene rings is 2. The Morgan fingerprint density at radius 1 is 0.714 bits per heavy atom. The first-order valence-electron chi connectivity index (χ1n) is 10.7. The molecule has 4 N–H and O–H groups in total. The van der Waals surface area contributed by atoms with E-state index in [1.807, 2.05) is 36.4 Å². The van der Waals surface area contributed by atoms with Crippen LogP contribution in [0, 0.1) is 0 Å². The highest BCUT2D eigenvalue weighted by Crippen LogP contribution is 2.26. The molecule has 2 atom stereocenters. The summed E-state index contributed by atoms with van der Waals surface area (Å²) in [6, 6.07) is 12.8. The molecule has 2 aromatic rings. The van der Waals surface area contributed by atoms with Gasteiger partial charge >= 0.3 is 0 Å². The van der Waals surface area contributed by atoms with E-state index in [1.165, 1.54) is 12.8 Å². The third-order valence-electron chi connectivity index (χ3n) is 6.04. The van der Waals surface area contributed by atoms with Gasteiger partial charge in [-0.2, -0.15) is 0 Å². The number of para-hydroxylation sites is 2. The van der Waals surface area contributed by atoms with E-state index in [1.54, 1.807) is 0 Å². The first-order chi connectivity index (χ1) is 13.6. The molecule has 3 rings (SSSR count). The van der Waals surface area contributed by atoms with Gasteiger partial charge in [-0.25, -0.2) is 0 Å². The maximum absolute atomic E-state index is 10.4. The van der Waals surface area contributed by atoms with Crippen molar-refractivity contribution in [3.8, 4) is 11.5 Å². The number of aryl methyl sites for hydroxylation is 2. The molecule has 0 saturated heterocycles. The van der Waals surface area contributed by atoms with Crippen molar-refractivity contribution in [3.63, 3.8) is 0 Å². The van der Waals surface area contributed by atoms with Crippen molar-refractivity contribution < 1.29 is 10.2 Å². The number of aromatic hydroxyl groups is 2. The number of hydrogen-bond acceptors (Lipinski definition) is 4. The zero-order valence-corrected chi connectivity index (χ0v) is 17.2. The van der Waals surface area contributed by atoms with Gasteiger partial charge in [-0.15, -0.1) is 0 Å². The number of hydrogen-bond donors (Lipinski definition) is 4. The van der Waals surface area contributed by atoms with Gasteiger partial charge in [-0.05, 0) is 36.8 Å². The van der Waals surface area contributed by atoms with Crippen LogP contribution in [0.1, 0.15) is 61.8 Å². The van der Waals surface area contributed by atoms with Crippen LogP contribution in [-0.2, 0) is 25.9 Å². The molecule has 0 amide bonds. The lowest BCUT2D eigenvalue weighted by Crippen LogP contribution is -2.49. The Labute approximate surface area is 169 Å². The molecular formula is C24H34N2O2. The fourth-order valence-corrected chi connectivity index (χ4v) is 4.25. The minimum Gasteiger partial charge on any atom is -0.507 e. The summed E-state index contributed by atoms with van der Waals surface area (Å²) in [4.78, 5) is 0. The quantitative estimate of drug-likeness (QED) is 0.546. The monoisotopic (exact) mass is 382 g/mol. The van der Waals surface area contributed by atoms with Crippen LogP contribution in [0.15, 0.2) is 36.4 Å². The molecule has 28 heavy (non-hydrogen) atoms. The van der Waals surface area contributed by atoms with Gasteiger partial charge in [0.25, 0.3) is 0 Å². The average Bonchev–Trinajstić information content (AvgIpc) is 2.73. The van der Waals surface area contributed by atoms with Crippen molar-refractivity contribution in [3.05, 3.63) is 58.7 Å². The maximum atomic E-state index is 10.4. The fraction of sp³-hybridized carbons (Fsp3) is 0.500. The number of phenolic OH excluding ortho intramolecular Hbond substituents is 2. The molecule has 0 aromatic heterocycles. The highest BCUT2D eigenvalue weighted by molar-refractivity contribution is 5.41. The maximum Gasteiger partial charge on any atom is 0.123 e. The Kier molecular flexibility index (Phi) is 7.35. The van der Waals surface area contributed by atoms with Crippen LogP contribution in [0.5, 0.6) is 11.5 Å². The SMILES string of the molecule is CCc1cccc(CNC2CCCCC2NCc2cccc(CC)c2O)c1O. The summed E-state index contributed by atoms with van der Waals surface area (Å²) >= 11 is 0. The van der Waals surface area contributed by atoms with Crippen molar-refractivity contribution in [1.29, 1.82) is 0 Å². The van der Waals surface area contributed by atoms with Crippen molar-refractivity contribution in [2.45, 2.75) is 77.5 Å². The van der Waals surface area contributed by atoms with E-state index in [-0.39, 0.29) is 0 Å². The molecule has 2 aromatic carbocycles. The number of nitrogens with one attached hydrogen (secondary N) is 2. The second-order valence-electron chi connectivity index (χ2n) is 7.82. The molecule has 0 spiro atoms. The van der Waals surface area contributed by atoms with E-state index in [9.17, 15) is 10.2 Å². The topological polar surface area (TPSA) is 64.5 Å². The van der Waals surface area contributed by atoms with E-state index >= 15 is 0 Å². The van der Waals surface area contributed by atoms with Crippen LogP contribution < -0.4 is 10.6 Å². The molecule has 1 aliphatic rings. The zero-order chi connectivity index (χ0) is 19.9. The zero-order valence-electron chi connectivity index (χ0n) is 17.2. The molecule has 4 heteroatoms. The first kappa shape index (κ1) is 20.7. The Morgan fingerprint density at radius 3 is 1.50 bits per heavy atom. The minimum absolute atomic E-state index is 0.370. The lowest BCUT2D eigenvalue weighted by molar-refractivity contribution is 0.279. The van der Waals surface area contributed by atoms with Gasteiger partial charge in [-0.1, -0.05) is 63.1 Å². The smallest absolute Gasteiger partial charge is 0.123 e. The Hall–Kier alpha value is -2.04. The van der Waals surface area contributed by atoms with Crippen molar-refractivity contribution in [1.82, 2.24) is 10.6 Å². The van der Waals surface area contributed by atoms with E-state index in [0.29, 0.717) is 36.7 Å². The standard InChI is InChI=1S/C24H34N2O2/c1-3-17-9-7-11-19(23(17)27)15-25-21-13-5-6-14-22(21)26-16-20-12-8-10-18(4-2)24(20)28/h7-12,21-22,25-28H,3-6,13-16H2,1-2H3. The minimum atomic E-state index is 0.370. The third kappa shape index (κ3) is 4.86. The molecule has 0 radical (unpaired) electrons. The summed E-state index contributed by atoms with van der Waals surface area (Å²) < 4.78 is 0. The first-order valence-corrected chi connectivity index (χ1v) is 10.7. The van der Waals surface area contributed by atoms with Crippen LogP contribution in [0.2, 0.25) is 0 Å². The van der Waals surface area contributed by atoms with Crippen LogP contribution in [0.4, 0.5) is 0 Å². The molecule has 1 aliphatic carbocycles. The second kappa shape index (κ2) is 9.94. The fourth-order valence-electron chi connectivity index (χ4n) is 4.25. The van der Waals surface area contributed by atoms with Crippen LogP contribution in [0.3, 0.4) is 0 Å². The molecule has 1 fully saturated rings. The summed E-state index contributed by atoms with van der Waals surface area (Å²) in [5, 5.41) is 28.2. The van der Waals surface area contributed by atoms with E-state index < -0.39 is 0 Å². The van der Waals surface area contributed by atoms with Gasteiger partial charge < -0.3 is 20.8 Å². The lowest BCUT2D eigenvalue weighted by atomic mass is 9.89. The molecule has 152 valence electrons. The van der Waals surface area contributed by atoms with E-state index in [4.69, 9.17) is 0 Å². The van der Waals surface area contributed by atoms with E-state index in [0.717, 1.165) is 47.9 Å². The predicted octanol–water partition coefficient (Wildman–Crippen LogP) is 4.41. The summed E-state index contributed by atoms with van der Waals surface area (Å²) in [5.74, 6) is 0.859. The summed E-state index contributed by atoms with van der Waals surface area (Å²) in [5.41, 5.74) is 3.95. The van der Waals surface area contributed by atoms with Gasteiger partial charge in [0.2, 0.25) is 0 Å². The summed E-state index contributed by atoms with van der Waals surface area (Å²) in [7, 11) is 0. The van der Waals surface area contributed by atoms with E-state index in [2.05, 4.69) is 24.5 Å². The molecule has 1 saturated carbocycles. The normalized spacial score (nSPS) is 19.6. The molecule has 4 nitrogen and oxygen atoms in total. The third-order valence-corrected chi connectivity index (χ3v) is 6.04. The Balaban J connectivity index is 1.61. The van der Waals surface area contributed by atoms with Gasteiger partial charge in [0.05, 0.1) is 0 Å². The Morgan fingerprint density at radius 2 is 1.11 bits per heavy atom. The molecule has 0 aliphatic heterocycles.